The van der Waals surface area contributed by atoms with Crippen LogP contribution < -0.4 is 15.4 Å². The summed E-state index contributed by atoms with van der Waals surface area (Å²) in [5.74, 6) is -1.64. The van der Waals surface area contributed by atoms with Gasteiger partial charge in [-0.3, -0.25) is 4.79 Å². The van der Waals surface area contributed by atoms with E-state index in [0.29, 0.717) is 10.8 Å². The number of carbonyl (C=O) groups excluding carboxylic acids is 1. The van der Waals surface area contributed by atoms with Crippen LogP contribution in [-0.2, 0) is 14.6 Å². The van der Waals surface area contributed by atoms with Gasteiger partial charge in [-0.05, 0) is 43.7 Å². The van der Waals surface area contributed by atoms with Crippen LogP contribution in [0.3, 0.4) is 0 Å². The van der Waals surface area contributed by atoms with Crippen LogP contribution in [0.15, 0.2) is 65.6 Å². The van der Waals surface area contributed by atoms with Crippen molar-refractivity contribution in [3.05, 3.63) is 77.1 Å². The third-order valence-corrected chi connectivity index (χ3v) is 7.49. The summed E-state index contributed by atoms with van der Waals surface area (Å²) in [5, 5.41) is 14.3. The zero-order chi connectivity index (χ0) is 24.9. The van der Waals surface area contributed by atoms with Crippen LogP contribution in [0.1, 0.15) is 18.9 Å². The smallest absolute Gasteiger partial charge is 0.243 e. The Morgan fingerprint density at radius 2 is 1.82 bits per heavy atom. The average molecular weight is 507 g/mol. The fourth-order valence-corrected chi connectivity index (χ4v) is 5.01. The van der Waals surface area contributed by atoms with Crippen LogP contribution in [0.4, 0.5) is 15.8 Å². The Labute approximate surface area is 202 Å². The van der Waals surface area contributed by atoms with Crippen LogP contribution in [0.25, 0.3) is 0 Å². The highest BCUT2D eigenvalue weighted by Gasteiger charge is 2.33. The van der Waals surface area contributed by atoms with E-state index < -0.39 is 26.8 Å². The van der Waals surface area contributed by atoms with Gasteiger partial charge in [-0.1, -0.05) is 42.3 Å². The van der Waals surface area contributed by atoms with Crippen LogP contribution in [-0.4, -0.2) is 31.4 Å². The van der Waals surface area contributed by atoms with Crippen molar-refractivity contribution < 1.29 is 27.4 Å². The van der Waals surface area contributed by atoms with E-state index in [1.54, 1.807) is 43.3 Å². The summed E-state index contributed by atoms with van der Waals surface area (Å²) in [7, 11) is -4.00. The Kier molecular flexibility index (Phi) is 8.01. The van der Waals surface area contributed by atoms with E-state index in [1.165, 1.54) is 12.1 Å². The van der Waals surface area contributed by atoms with Crippen molar-refractivity contribution in [2.75, 3.05) is 17.4 Å². The minimum Gasteiger partial charge on any atom is -0.506 e. The topological polar surface area (TPSA) is 105 Å². The number of aromatic hydroxyl groups is 1. The monoisotopic (exact) mass is 506 g/mol. The second-order valence-electron chi connectivity index (χ2n) is 7.52. The average Bonchev–Trinajstić information content (AvgIpc) is 2.77. The zero-order valence-corrected chi connectivity index (χ0v) is 20.1. The summed E-state index contributed by atoms with van der Waals surface area (Å²) in [5.41, 5.74) is 0.555. The van der Waals surface area contributed by atoms with Crippen LogP contribution in [0.5, 0.6) is 11.5 Å². The number of phenols is 1. The van der Waals surface area contributed by atoms with Crippen LogP contribution in [0.2, 0.25) is 5.02 Å². The van der Waals surface area contributed by atoms with Gasteiger partial charge in [0.1, 0.15) is 22.6 Å². The molecule has 0 bridgehead atoms. The first-order chi connectivity index (χ1) is 16.1. The Bertz CT molecular complexity index is 1280. The first kappa shape index (κ1) is 25.3. The molecule has 0 saturated carbocycles. The number of rotatable bonds is 9. The zero-order valence-electron chi connectivity index (χ0n) is 18.5. The van der Waals surface area contributed by atoms with Gasteiger partial charge >= 0.3 is 0 Å². The number of aryl methyl sites for hydroxylation is 1. The van der Waals surface area contributed by atoms with E-state index in [1.807, 2.05) is 6.92 Å². The maximum Gasteiger partial charge on any atom is 0.243 e. The molecule has 1 unspecified atom stereocenters. The summed E-state index contributed by atoms with van der Waals surface area (Å²) < 4.78 is 46.0. The fourth-order valence-electron chi connectivity index (χ4n) is 3.20. The molecule has 0 radical (unpaired) electrons. The number of carbonyl (C=O) groups is 1. The van der Waals surface area contributed by atoms with Crippen molar-refractivity contribution in [1.29, 1.82) is 0 Å². The highest BCUT2D eigenvalue weighted by Crippen LogP contribution is 2.31. The Balaban J connectivity index is 1.71. The normalized spacial score (nSPS) is 12.1. The third kappa shape index (κ3) is 5.98. The van der Waals surface area contributed by atoms with E-state index in [-0.39, 0.29) is 35.2 Å². The number of sulfone groups is 1. The molecule has 0 aliphatic carbocycles. The molecule has 10 heteroatoms. The van der Waals surface area contributed by atoms with Gasteiger partial charge in [0, 0.05) is 17.2 Å². The molecule has 180 valence electrons. The van der Waals surface area contributed by atoms with E-state index >= 15 is 0 Å². The van der Waals surface area contributed by atoms with Crippen LogP contribution in [0, 0.1) is 12.7 Å². The molecule has 0 saturated heterocycles. The second kappa shape index (κ2) is 10.8. The van der Waals surface area contributed by atoms with Crippen molar-refractivity contribution in [1.82, 2.24) is 0 Å². The molecule has 3 aromatic carbocycles. The fraction of sp³-hybridized carbons (Fsp3) is 0.208. The molecule has 1 amide bonds. The van der Waals surface area contributed by atoms with E-state index in [4.69, 9.17) is 16.3 Å². The molecule has 34 heavy (non-hydrogen) atoms. The summed E-state index contributed by atoms with van der Waals surface area (Å²) >= 11 is 5.89. The maximum atomic E-state index is 14.7. The first-order valence-corrected chi connectivity index (χ1v) is 12.3. The number of ether oxygens (including phenoxy) is 1. The Morgan fingerprint density at radius 1 is 1.12 bits per heavy atom. The Hall–Kier alpha value is -3.30. The molecule has 3 aromatic rings. The van der Waals surface area contributed by atoms with E-state index in [9.17, 15) is 22.7 Å². The van der Waals surface area contributed by atoms with Gasteiger partial charge in [0.15, 0.2) is 16.6 Å². The highest BCUT2D eigenvalue weighted by atomic mass is 35.5. The number of anilines is 2. The van der Waals surface area contributed by atoms with E-state index in [0.717, 1.165) is 17.7 Å². The molecule has 0 fully saturated rings. The summed E-state index contributed by atoms with van der Waals surface area (Å²) in [6.07, 6.45) is -0.0177. The largest absolute Gasteiger partial charge is 0.506 e. The predicted octanol–water partition coefficient (Wildman–Crippen LogP) is 5.13. The molecule has 0 aliphatic heterocycles. The third-order valence-electron chi connectivity index (χ3n) is 5.03. The standard InChI is InChI=1S/C24H24ClFN2O5S/c1-3-23(34(31,32)18-9-7-15(2)8-10-18)24(30)28-20-13-22(29)21(12-19(20)26)27-14-33-17-6-4-5-16(25)11-17/h4-13,23,27,29H,3,14H2,1-2H3,(H,28,30). The quantitative estimate of drug-likeness (QED) is 0.274. The first-order valence-electron chi connectivity index (χ1n) is 10.4. The van der Waals surface area contributed by atoms with E-state index in [2.05, 4.69) is 10.6 Å². The van der Waals surface area contributed by atoms with Crippen molar-refractivity contribution in [3.8, 4) is 11.5 Å². The number of hydrogen-bond donors (Lipinski definition) is 3. The van der Waals surface area contributed by atoms with Gasteiger partial charge in [0.25, 0.3) is 0 Å². The number of hydrogen-bond acceptors (Lipinski definition) is 6. The predicted molar refractivity (Wildman–Crippen MR) is 130 cm³/mol. The van der Waals surface area contributed by atoms with Gasteiger partial charge in [-0.2, -0.15) is 0 Å². The van der Waals surface area contributed by atoms with Gasteiger partial charge in [-0.15, -0.1) is 0 Å². The van der Waals surface area contributed by atoms with Crippen LogP contribution >= 0.6 is 11.6 Å². The molecule has 1 atom stereocenters. The highest BCUT2D eigenvalue weighted by molar-refractivity contribution is 7.92. The van der Waals surface area contributed by atoms with Gasteiger partial charge in [0.2, 0.25) is 5.91 Å². The number of nitrogens with one attached hydrogen (secondary N) is 2. The number of benzene rings is 3. The van der Waals surface area contributed by atoms with Crippen molar-refractivity contribution in [2.45, 2.75) is 30.4 Å². The number of phenolic OH excluding ortho intramolecular Hbond substituents is 1. The Morgan fingerprint density at radius 3 is 2.47 bits per heavy atom. The van der Waals surface area contributed by atoms with Crippen molar-refractivity contribution in [2.24, 2.45) is 0 Å². The SMILES string of the molecule is CCC(C(=O)Nc1cc(O)c(NCOc2cccc(Cl)c2)cc1F)S(=O)(=O)c1ccc(C)cc1. The molecule has 3 rings (SSSR count). The molecule has 0 aromatic heterocycles. The minimum atomic E-state index is -4.00. The van der Waals surface area contributed by atoms with Crippen molar-refractivity contribution >= 4 is 38.7 Å². The van der Waals surface area contributed by atoms with Crippen molar-refractivity contribution in [3.63, 3.8) is 0 Å². The van der Waals surface area contributed by atoms with Gasteiger partial charge in [-0.25, -0.2) is 12.8 Å². The lowest BCUT2D eigenvalue weighted by molar-refractivity contribution is -0.115. The number of amides is 1. The molecular formula is C24H24ClFN2O5S. The maximum absolute atomic E-state index is 14.7. The number of halogens is 2. The molecule has 7 nitrogen and oxygen atoms in total. The summed E-state index contributed by atoms with van der Waals surface area (Å²) in [6, 6.07) is 14.8. The van der Waals surface area contributed by atoms with Gasteiger partial charge < -0.3 is 20.5 Å². The molecular weight excluding hydrogens is 483 g/mol. The lowest BCUT2D eigenvalue weighted by Gasteiger charge is -2.17. The summed E-state index contributed by atoms with van der Waals surface area (Å²) in [4.78, 5) is 12.8. The molecule has 3 N–H and O–H groups in total. The molecule has 0 aliphatic rings. The lowest BCUT2D eigenvalue weighted by Crippen LogP contribution is -2.35. The molecule has 0 heterocycles. The second-order valence-corrected chi connectivity index (χ2v) is 10.1. The molecule has 0 spiro atoms. The lowest BCUT2D eigenvalue weighted by atomic mass is 10.2. The minimum absolute atomic E-state index is 0.00247. The van der Waals surface area contributed by atoms with Gasteiger partial charge in [0.05, 0.1) is 16.3 Å². The summed E-state index contributed by atoms with van der Waals surface area (Å²) in [6.45, 7) is 3.28.